The molecule has 3 aromatic heterocycles. The maximum Gasteiger partial charge on any atom is 0.238 e. The van der Waals surface area contributed by atoms with Crippen LogP contribution in [0.4, 0.5) is 17.5 Å². The van der Waals surface area contributed by atoms with Crippen LogP contribution in [0, 0.1) is 0 Å². The molecule has 4 heterocycles. The molecule has 2 atom stereocenters. The van der Waals surface area contributed by atoms with E-state index in [4.69, 9.17) is 5.14 Å². The van der Waals surface area contributed by atoms with Crippen molar-refractivity contribution in [1.29, 1.82) is 0 Å². The Labute approximate surface area is 197 Å². The van der Waals surface area contributed by atoms with Crippen molar-refractivity contribution in [3.63, 3.8) is 0 Å². The number of hydrogen-bond acceptors (Lipinski definition) is 8. The molecule has 1 saturated heterocycles. The maximum atomic E-state index is 11.5. The summed E-state index contributed by atoms with van der Waals surface area (Å²) in [5, 5.41) is 12.8. The molecule has 1 aliphatic heterocycles. The number of fused-ring (bicyclic) bond motifs is 1. The summed E-state index contributed by atoms with van der Waals surface area (Å²) < 4.78 is 24.9. The van der Waals surface area contributed by atoms with Gasteiger partial charge in [0, 0.05) is 48.6 Å². The molecular weight excluding hydrogens is 452 g/mol. The van der Waals surface area contributed by atoms with Crippen LogP contribution in [0.2, 0.25) is 0 Å². The Morgan fingerprint density at radius 3 is 2.38 bits per heavy atom. The number of rotatable bonds is 5. The van der Waals surface area contributed by atoms with Crippen LogP contribution >= 0.6 is 0 Å². The van der Waals surface area contributed by atoms with Crippen LogP contribution < -0.4 is 20.7 Å². The second-order valence-electron chi connectivity index (χ2n) is 8.60. The highest BCUT2D eigenvalue weighted by Gasteiger charge is 2.21. The smallest absolute Gasteiger partial charge is 0.238 e. The van der Waals surface area contributed by atoms with Crippen LogP contribution in [0.25, 0.3) is 16.7 Å². The summed E-state index contributed by atoms with van der Waals surface area (Å²) in [5.41, 5.74) is 2.24. The van der Waals surface area contributed by atoms with E-state index in [0.717, 1.165) is 35.7 Å². The Kier molecular flexibility index (Phi) is 5.68. The average molecular weight is 479 g/mol. The van der Waals surface area contributed by atoms with E-state index in [2.05, 4.69) is 44.3 Å². The zero-order valence-corrected chi connectivity index (χ0v) is 19.7. The van der Waals surface area contributed by atoms with Crippen molar-refractivity contribution < 1.29 is 8.42 Å². The Morgan fingerprint density at radius 2 is 1.74 bits per heavy atom. The minimum atomic E-state index is -3.75. The van der Waals surface area contributed by atoms with E-state index in [0.29, 0.717) is 23.7 Å². The first-order valence-corrected chi connectivity index (χ1v) is 12.5. The van der Waals surface area contributed by atoms with Crippen molar-refractivity contribution in [3.8, 4) is 5.69 Å². The van der Waals surface area contributed by atoms with Gasteiger partial charge in [0.05, 0.1) is 16.8 Å². The van der Waals surface area contributed by atoms with E-state index < -0.39 is 10.0 Å². The number of benzene rings is 1. The van der Waals surface area contributed by atoms with E-state index in [1.54, 1.807) is 24.5 Å². The molecule has 0 radical (unpaired) electrons. The van der Waals surface area contributed by atoms with Crippen molar-refractivity contribution in [1.82, 2.24) is 24.8 Å². The molecule has 176 valence electrons. The minimum Gasteiger partial charge on any atom is -0.354 e. The lowest BCUT2D eigenvalue weighted by Gasteiger charge is -2.36. The second-order valence-corrected chi connectivity index (χ2v) is 10.2. The van der Waals surface area contributed by atoms with Crippen molar-refractivity contribution in [2.24, 2.45) is 5.14 Å². The lowest BCUT2D eigenvalue weighted by Crippen LogP contribution is -2.54. The van der Waals surface area contributed by atoms with Gasteiger partial charge in [-0.15, -0.1) is 0 Å². The third kappa shape index (κ3) is 4.58. The number of nitrogens with zero attached hydrogens (tertiary/aromatic N) is 5. The van der Waals surface area contributed by atoms with Crippen LogP contribution in [0.15, 0.2) is 66.0 Å². The quantitative estimate of drug-likeness (QED) is 0.399. The molecule has 34 heavy (non-hydrogen) atoms. The van der Waals surface area contributed by atoms with Gasteiger partial charge in [-0.2, -0.15) is 4.98 Å². The number of pyridine rings is 1. The lowest BCUT2D eigenvalue weighted by molar-refractivity contribution is 0.405. The van der Waals surface area contributed by atoms with Crippen molar-refractivity contribution >= 4 is 38.5 Å². The molecule has 1 aromatic carbocycles. The summed E-state index contributed by atoms with van der Waals surface area (Å²) in [7, 11) is -3.75. The molecule has 4 N–H and O–H groups in total. The van der Waals surface area contributed by atoms with Gasteiger partial charge < -0.3 is 20.1 Å². The molecule has 4 aromatic rings. The standard InChI is InChI=1S/C23H26N8O2S/c1-15-13-30(14-16(2)27-15)21-8-3-18(12-25-21)28-23-26-11-17-9-10-31(22(17)29-23)19-4-6-20(7-5-19)34(24,32)33/h3-12,15-16,27H,13-14H2,1-2H3,(H2,24,32,33)(H,26,28,29)/t15-,16+. The minimum absolute atomic E-state index is 0.0605. The molecule has 10 nitrogen and oxygen atoms in total. The molecule has 1 aliphatic rings. The van der Waals surface area contributed by atoms with Gasteiger partial charge in [0.1, 0.15) is 11.5 Å². The molecule has 0 unspecified atom stereocenters. The SMILES string of the molecule is C[C@@H]1CN(c2ccc(Nc3ncc4ccn(-c5ccc(S(N)(=O)=O)cc5)c4n3)cn2)C[C@H](C)N1. The molecule has 11 heteroatoms. The fraction of sp³-hybridized carbons (Fsp3) is 0.261. The number of aromatic nitrogens is 4. The van der Waals surface area contributed by atoms with E-state index in [1.807, 2.05) is 29.0 Å². The zero-order valence-electron chi connectivity index (χ0n) is 18.9. The predicted molar refractivity (Wildman–Crippen MR) is 132 cm³/mol. The largest absolute Gasteiger partial charge is 0.354 e. The number of anilines is 3. The van der Waals surface area contributed by atoms with Gasteiger partial charge >= 0.3 is 0 Å². The van der Waals surface area contributed by atoms with Crippen molar-refractivity contribution in [3.05, 3.63) is 61.1 Å². The van der Waals surface area contributed by atoms with Gasteiger partial charge in [0.2, 0.25) is 16.0 Å². The molecule has 0 spiro atoms. The Hall–Kier alpha value is -3.54. The monoisotopic (exact) mass is 478 g/mol. The Bertz CT molecular complexity index is 1410. The maximum absolute atomic E-state index is 11.5. The number of primary sulfonamides is 1. The van der Waals surface area contributed by atoms with Gasteiger partial charge in [-0.25, -0.2) is 23.5 Å². The van der Waals surface area contributed by atoms with E-state index in [1.165, 1.54) is 12.1 Å². The first-order chi connectivity index (χ1) is 16.3. The van der Waals surface area contributed by atoms with Gasteiger partial charge in [0.15, 0.2) is 0 Å². The molecular formula is C23H26N8O2S. The molecule has 0 amide bonds. The Morgan fingerprint density at radius 1 is 1.00 bits per heavy atom. The highest BCUT2D eigenvalue weighted by atomic mass is 32.2. The Balaban J connectivity index is 1.37. The number of hydrogen-bond donors (Lipinski definition) is 3. The number of nitrogens with one attached hydrogen (secondary N) is 2. The number of sulfonamides is 1. The molecule has 0 bridgehead atoms. The van der Waals surface area contributed by atoms with Crippen LogP contribution in [0.1, 0.15) is 13.8 Å². The fourth-order valence-electron chi connectivity index (χ4n) is 4.27. The predicted octanol–water partition coefficient (Wildman–Crippen LogP) is 2.39. The van der Waals surface area contributed by atoms with Crippen LogP contribution in [0.3, 0.4) is 0 Å². The number of nitrogens with two attached hydrogens (primary N) is 1. The highest BCUT2D eigenvalue weighted by molar-refractivity contribution is 7.89. The van der Waals surface area contributed by atoms with Crippen LogP contribution in [0.5, 0.6) is 0 Å². The molecule has 0 saturated carbocycles. The molecule has 0 aliphatic carbocycles. The van der Waals surface area contributed by atoms with Crippen LogP contribution in [-0.2, 0) is 10.0 Å². The molecule has 1 fully saturated rings. The summed E-state index contributed by atoms with van der Waals surface area (Å²) >= 11 is 0. The summed E-state index contributed by atoms with van der Waals surface area (Å²) in [6, 6.07) is 13.0. The van der Waals surface area contributed by atoms with E-state index in [9.17, 15) is 8.42 Å². The van der Waals surface area contributed by atoms with Gasteiger partial charge in [-0.3, -0.25) is 0 Å². The van der Waals surface area contributed by atoms with Crippen molar-refractivity contribution in [2.45, 2.75) is 30.8 Å². The van der Waals surface area contributed by atoms with Crippen molar-refractivity contribution in [2.75, 3.05) is 23.3 Å². The lowest BCUT2D eigenvalue weighted by atomic mass is 10.1. The third-order valence-electron chi connectivity index (χ3n) is 5.76. The summed E-state index contributed by atoms with van der Waals surface area (Å²) in [5.74, 6) is 1.38. The summed E-state index contributed by atoms with van der Waals surface area (Å²) in [6.45, 7) is 6.19. The highest BCUT2D eigenvalue weighted by Crippen LogP contribution is 2.23. The zero-order chi connectivity index (χ0) is 23.9. The molecule has 5 rings (SSSR count). The number of piperazine rings is 1. The van der Waals surface area contributed by atoms with Gasteiger partial charge in [-0.05, 0) is 56.3 Å². The van der Waals surface area contributed by atoms with E-state index in [-0.39, 0.29) is 4.90 Å². The second kappa shape index (κ2) is 8.67. The first kappa shape index (κ1) is 22.3. The summed E-state index contributed by atoms with van der Waals surface area (Å²) in [4.78, 5) is 16.0. The fourth-order valence-corrected chi connectivity index (χ4v) is 4.79. The van der Waals surface area contributed by atoms with Crippen LogP contribution in [-0.4, -0.2) is 53.1 Å². The van der Waals surface area contributed by atoms with E-state index >= 15 is 0 Å². The topological polar surface area (TPSA) is 131 Å². The summed E-state index contributed by atoms with van der Waals surface area (Å²) in [6.07, 6.45) is 5.39. The normalized spacial score (nSPS) is 18.9. The third-order valence-corrected chi connectivity index (χ3v) is 6.69. The van der Waals surface area contributed by atoms with Gasteiger partial charge in [-0.1, -0.05) is 0 Å². The van der Waals surface area contributed by atoms with Gasteiger partial charge in [0.25, 0.3) is 0 Å². The first-order valence-electron chi connectivity index (χ1n) is 11.0. The average Bonchev–Trinajstić information content (AvgIpc) is 3.22.